The molecule has 5 rings (SSSR count). The van der Waals surface area contributed by atoms with Crippen LogP contribution < -0.4 is 10.6 Å². The molecule has 0 spiro atoms. The van der Waals surface area contributed by atoms with Crippen LogP contribution in [0.25, 0.3) is 11.0 Å². The molecule has 1 atom stereocenters. The summed E-state index contributed by atoms with van der Waals surface area (Å²) >= 11 is 0. The van der Waals surface area contributed by atoms with Crippen LogP contribution in [0.15, 0.2) is 30.3 Å². The summed E-state index contributed by atoms with van der Waals surface area (Å²) in [6, 6.07) is 8.50. The molecule has 1 amide bonds. The number of aromatic amines is 1. The fourth-order valence-electron chi connectivity index (χ4n) is 4.37. The van der Waals surface area contributed by atoms with E-state index >= 15 is 0 Å². The van der Waals surface area contributed by atoms with Gasteiger partial charge in [-0.25, -0.2) is 9.37 Å². The quantitative estimate of drug-likeness (QED) is 0.598. The highest BCUT2D eigenvalue weighted by molar-refractivity contribution is 6.11. The summed E-state index contributed by atoms with van der Waals surface area (Å²) in [6.45, 7) is 3.27. The number of hydrogen-bond donors (Lipinski definition) is 3. The molecule has 7 heteroatoms. The molecule has 156 valence electrons. The molecule has 2 aliphatic heterocycles. The average Bonchev–Trinajstić information content (AvgIpc) is 3.38. The van der Waals surface area contributed by atoms with Crippen LogP contribution in [0.3, 0.4) is 0 Å². The SMILES string of the molecule is O=C(Nc1ccc2c(c1)CNC2)c1cc(F)cc2[nH]c(CC[C@H]3CCCOC3)nc12. The molecule has 0 bridgehead atoms. The van der Waals surface area contributed by atoms with E-state index in [1.165, 1.54) is 29.7 Å². The van der Waals surface area contributed by atoms with Gasteiger partial charge >= 0.3 is 0 Å². The Morgan fingerprint density at radius 3 is 3.00 bits per heavy atom. The highest BCUT2D eigenvalue weighted by atomic mass is 19.1. The van der Waals surface area contributed by atoms with E-state index in [2.05, 4.69) is 20.6 Å². The Morgan fingerprint density at radius 2 is 2.13 bits per heavy atom. The predicted molar refractivity (Wildman–Crippen MR) is 113 cm³/mol. The van der Waals surface area contributed by atoms with Gasteiger partial charge in [0.15, 0.2) is 0 Å². The first-order valence-electron chi connectivity index (χ1n) is 10.6. The van der Waals surface area contributed by atoms with Crippen molar-refractivity contribution in [3.63, 3.8) is 0 Å². The monoisotopic (exact) mass is 408 g/mol. The normalized spacial score (nSPS) is 18.5. The van der Waals surface area contributed by atoms with Gasteiger partial charge in [-0.1, -0.05) is 6.07 Å². The third kappa shape index (κ3) is 3.95. The first kappa shape index (κ1) is 19.2. The van der Waals surface area contributed by atoms with Crippen molar-refractivity contribution < 1.29 is 13.9 Å². The maximum atomic E-state index is 14.2. The fourth-order valence-corrected chi connectivity index (χ4v) is 4.37. The Kier molecular flexibility index (Phi) is 5.23. The second-order valence-electron chi connectivity index (χ2n) is 8.20. The van der Waals surface area contributed by atoms with Crippen molar-refractivity contribution in [1.29, 1.82) is 0 Å². The minimum absolute atomic E-state index is 0.243. The summed E-state index contributed by atoms with van der Waals surface area (Å²) in [7, 11) is 0. The van der Waals surface area contributed by atoms with E-state index in [4.69, 9.17) is 4.74 Å². The number of aryl methyl sites for hydroxylation is 1. The van der Waals surface area contributed by atoms with E-state index in [9.17, 15) is 9.18 Å². The first-order valence-corrected chi connectivity index (χ1v) is 10.6. The second-order valence-corrected chi connectivity index (χ2v) is 8.20. The highest BCUT2D eigenvalue weighted by Crippen LogP contribution is 2.24. The number of hydrogen-bond acceptors (Lipinski definition) is 4. The maximum Gasteiger partial charge on any atom is 0.258 e. The largest absolute Gasteiger partial charge is 0.381 e. The smallest absolute Gasteiger partial charge is 0.258 e. The summed E-state index contributed by atoms with van der Waals surface area (Å²) in [6.07, 6.45) is 3.98. The van der Waals surface area contributed by atoms with Crippen LogP contribution in [0.2, 0.25) is 0 Å². The standard InChI is InChI=1S/C23H25FN4O2/c24-17-9-19(23(29)26-18-5-4-15-11-25-12-16(15)8-18)22-20(10-17)27-21(28-22)6-3-14-2-1-7-30-13-14/h4-5,8-10,14,25H,1-3,6-7,11-13H2,(H,26,29)(H,27,28)/t14-/m1/s1. The number of fused-ring (bicyclic) bond motifs is 2. The van der Waals surface area contributed by atoms with Crippen molar-refractivity contribution in [2.45, 2.75) is 38.8 Å². The van der Waals surface area contributed by atoms with Gasteiger partial charge in [0.2, 0.25) is 0 Å². The number of benzene rings is 2. The van der Waals surface area contributed by atoms with Crippen LogP contribution in [0.4, 0.5) is 10.1 Å². The number of carbonyl (C=O) groups is 1. The van der Waals surface area contributed by atoms with Crippen molar-refractivity contribution in [2.75, 3.05) is 18.5 Å². The number of nitrogens with zero attached hydrogens (tertiary/aromatic N) is 1. The summed E-state index contributed by atoms with van der Waals surface area (Å²) in [4.78, 5) is 20.7. The molecule has 2 aromatic carbocycles. The van der Waals surface area contributed by atoms with Crippen LogP contribution >= 0.6 is 0 Å². The molecule has 1 aromatic heterocycles. The Balaban J connectivity index is 1.36. The lowest BCUT2D eigenvalue weighted by atomic mass is 9.97. The van der Waals surface area contributed by atoms with Gasteiger partial charge in [-0.2, -0.15) is 0 Å². The number of nitrogens with one attached hydrogen (secondary N) is 3. The Morgan fingerprint density at radius 1 is 1.23 bits per heavy atom. The zero-order valence-electron chi connectivity index (χ0n) is 16.8. The first-order chi connectivity index (χ1) is 14.7. The van der Waals surface area contributed by atoms with Gasteiger partial charge < -0.3 is 20.4 Å². The van der Waals surface area contributed by atoms with Gasteiger partial charge in [0, 0.05) is 38.4 Å². The van der Waals surface area contributed by atoms with Crippen molar-refractivity contribution in [3.8, 4) is 0 Å². The van der Waals surface area contributed by atoms with Crippen LogP contribution in [0, 0.1) is 11.7 Å². The minimum atomic E-state index is -0.457. The molecule has 6 nitrogen and oxygen atoms in total. The summed E-state index contributed by atoms with van der Waals surface area (Å²) in [5, 5.41) is 6.18. The van der Waals surface area contributed by atoms with Gasteiger partial charge in [0.1, 0.15) is 17.2 Å². The lowest BCUT2D eigenvalue weighted by Crippen LogP contribution is -2.17. The topological polar surface area (TPSA) is 79.0 Å². The number of ether oxygens (including phenoxy) is 1. The van der Waals surface area contributed by atoms with Crippen molar-refractivity contribution in [3.05, 3.63) is 58.7 Å². The third-order valence-electron chi connectivity index (χ3n) is 5.98. The molecule has 2 aliphatic rings. The second kappa shape index (κ2) is 8.16. The van der Waals surface area contributed by atoms with Crippen molar-refractivity contribution in [1.82, 2.24) is 15.3 Å². The molecule has 3 N–H and O–H groups in total. The molecular weight excluding hydrogens is 383 g/mol. The molecule has 3 aromatic rings. The van der Waals surface area contributed by atoms with Crippen LogP contribution in [-0.2, 0) is 24.2 Å². The summed E-state index contributed by atoms with van der Waals surface area (Å²) in [5.41, 5.74) is 4.41. The predicted octanol–water partition coefficient (Wildman–Crippen LogP) is 3.92. The summed E-state index contributed by atoms with van der Waals surface area (Å²) < 4.78 is 19.8. The molecule has 30 heavy (non-hydrogen) atoms. The number of amides is 1. The number of halogens is 1. The molecule has 1 saturated heterocycles. The van der Waals surface area contributed by atoms with Crippen LogP contribution in [-0.4, -0.2) is 29.1 Å². The van der Waals surface area contributed by atoms with E-state index in [0.29, 0.717) is 22.6 Å². The third-order valence-corrected chi connectivity index (χ3v) is 5.98. The molecular formula is C23H25FN4O2. The zero-order chi connectivity index (χ0) is 20.5. The number of H-pyrrole nitrogens is 1. The number of rotatable bonds is 5. The maximum absolute atomic E-state index is 14.2. The van der Waals surface area contributed by atoms with E-state index in [1.54, 1.807) is 0 Å². The van der Waals surface area contributed by atoms with E-state index < -0.39 is 5.82 Å². The Bertz CT molecular complexity index is 1090. The Labute approximate surface area is 174 Å². The van der Waals surface area contributed by atoms with Gasteiger partial charge in [0.25, 0.3) is 5.91 Å². The van der Waals surface area contributed by atoms with Gasteiger partial charge in [-0.3, -0.25) is 4.79 Å². The fraction of sp³-hybridized carbons (Fsp3) is 0.391. The highest BCUT2D eigenvalue weighted by Gasteiger charge is 2.19. The van der Waals surface area contributed by atoms with Gasteiger partial charge in [0.05, 0.1) is 11.1 Å². The molecule has 0 saturated carbocycles. The number of anilines is 1. The number of aromatic nitrogens is 2. The van der Waals surface area contributed by atoms with Gasteiger partial charge in [-0.15, -0.1) is 0 Å². The van der Waals surface area contributed by atoms with Gasteiger partial charge in [-0.05, 0) is 60.6 Å². The minimum Gasteiger partial charge on any atom is -0.381 e. The summed E-state index contributed by atoms with van der Waals surface area (Å²) in [5.74, 6) is 0.491. The van der Waals surface area contributed by atoms with E-state index in [0.717, 1.165) is 51.4 Å². The lowest BCUT2D eigenvalue weighted by Gasteiger charge is -2.21. The lowest BCUT2D eigenvalue weighted by molar-refractivity contribution is 0.0517. The Hall–Kier alpha value is -2.77. The van der Waals surface area contributed by atoms with Crippen molar-refractivity contribution >= 4 is 22.6 Å². The van der Waals surface area contributed by atoms with Crippen molar-refractivity contribution in [2.24, 2.45) is 5.92 Å². The zero-order valence-corrected chi connectivity index (χ0v) is 16.8. The van der Waals surface area contributed by atoms with Crippen LogP contribution in [0.1, 0.15) is 46.6 Å². The van der Waals surface area contributed by atoms with Crippen LogP contribution in [0.5, 0.6) is 0 Å². The number of imidazole rings is 1. The molecule has 3 heterocycles. The number of carbonyl (C=O) groups excluding carboxylic acids is 1. The van der Waals surface area contributed by atoms with E-state index in [-0.39, 0.29) is 11.5 Å². The average molecular weight is 408 g/mol. The van der Waals surface area contributed by atoms with E-state index in [1.807, 2.05) is 18.2 Å². The molecule has 0 aliphatic carbocycles. The molecule has 1 fully saturated rings. The molecule has 0 unspecified atom stereocenters. The molecule has 0 radical (unpaired) electrons.